The third-order valence-corrected chi connectivity index (χ3v) is 6.69. The van der Waals surface area contributed by atoms with Gasteiger partial charge in [-0.3, -0.25) is 14.3 Å². The van der Waals surface area contributed by atoms with Crippen LogP contribution in [-0.4, -0.2) is 34.1 Å². The number of benzene rings is 2. The zero-order chi connectivity index (χ0) is 25.1. The van der Waals surface area contributed by atoms with Crippen LogP contribution in [-0.2, 0) is 9.59 Å². The first-order valence-electron chi connectivity index (χ1n) is 12.2. The monoisotopic (exact) mass is 476 g/mol. The van der Waals surface area contributed by atoms with Gasteiger partial charge in [0.2, 0.25) is 5.91 Å². The zero-order valence-electron chi connectivity index (χ0n) is 20.7. The molecule has 2 heterocycles. The van der Waals surface area contributed by atoms with Gasteiger partial charge in [0.05, 0.1) is 12.2 Å². The van der Waals surface area contributed by atoms with Gasteiger partial charge in [0.25, 0.3) is 0 Å². The fourth-order valence-corrected chi connectivity index (χ4v) is 4.66. The first-order valence-corrected chi connectivity index (χ1v) is 12.2. The van der Waals surface area contributed by atoms with E-state index >= 15 is 4.39 Å². The van der Waals surface area contributed by atoms with Gasteiger partial charge in [0, 0.05) is 11.8 Å². The predicted octanol–water partition coefficient (Wildman–Crippen LogP) is 4.86. The minimum Gasteiger partial charge on any atom is -0.341 e. The van der Waals surface area contributed by atoms with Crippen LogP contribution in [0.15, 0.2) is 54.9 Å². The molecule has 0 bridgehead atoms. The molecule has 3 unspecified atom stereocenters. The molecule has 3 aromatic rings. The van der Waals surface area contributed by atoms with E-state index in [4.69, 9.17) is 0 Å². The molecule has 1 aliphatic heterocycles. The number of hydrogen-bond donors (Lipinski definition) is 2. The average Bonchev–Trinajstić information content (AvgIpc) is 3.54. The Balaban J connectivity index is 1.83. The Morgan fingerprint density at radius 3 is 2.43 bits per heavy atom. The summed E-state index contributed by atoms with van der Waals surface area (Å²) < 4.78 is 17.6. The predicted molar refractivity (Wildman–Crippen MR) is 135 cm³/mol. The summed E-state index contributed by atoms with van der Waals surface area (Å²) >= 11 is 0. The largest absolute Gasteiger partial charge is 0.341 e. The number of Topliss-reactive ketones (excluding diaryl/α,β-unsaturated/α-hetero) is 1. The van der Waals surface area contributed by atoms with Crippen molar-refractivity contribution in [2.75, 3.05) is 6.54 Å². The molecule has 1 amide bonds. The van der Waals surface area contributed by atoms with Crippen LogP contribution in [0.3, 0.4) is 0 Å². The van der Waals surface area contributed by atoms with E-state index in [1.165, 1.54) is 0 Å². The molecule has 1 aromatic heterocycles. The maximum Gasteiger partial charge on any atom is 0.237 e. The van der Waals surface area contributed by atoms with E-state index < -0.39 is 12.1 Å². The van der Waals surface area contributed by atoms with E-state index in [1.54, 1.807) is 36.1 Å². The molecule has 1 saturated heterocycles. The van der Waals surface area contributed by atoms with Gasteiger partial charge in [-0.05, 0) is 61.4 Å². The van der Waals surface area contributed by atoms with E-state index in [0.29, 0.717) is 28.7 Å². The van der Waals surface area contributed by atoms with E-state index in [2.05, 4.69) is 15.7 Å². The Bertz CT molecular complexity index is 1200. The highest BCUT2D eigenvalue weighted by atomic mass is 19.1. The van der Waals surface area contributed by atoms with Crippen molar-refractivity contribution in [3.05, 3.63) is 77.4 Å². The van der Waals surface area contributed by atoms with E-state index in [0.717, 1.165) is 18.5 Å². The average molecular weight is 477 g/mol. The van der Waals surface area contributed by atoms with Crippen molar-refractivity contribution in [3.8, 4) is 11.1 Å². The fourth-order valence-electron chi connectivity index (χ4n) is 4.66. The fraction of sp³-hybridized carbons (Fsp3) is 0.393. The van der Waals surface area contributed by atoms with Crippen LogP contribution in [0.25, 0.3) is 11.1 Å². The Morgan fingerprint density at radius 2 is 1.83 bits per heavy atom. The lowest BCUT2D eigenvalue weighted by Gasteiger charge is -2.26. The maximum absolute atomic E-state index is 16.0. The van der Waals surface area contributed by atoms with Crippen LogP contribution >= 0.6 is 0 Å². The molecule has 2 N–H and O–H groups in total. The normalized spacial score (nSPS) is 17.4. The van der Waals surface area contributed by atoms with Gasteiger partial charge in [0.1, 0.15) is 17.9 Å². The molecule has 6 nitrogen and oxygen atoms in total. The molecule has 0 aliphatic carbocycles. The lowest BCUT2D eigenvalue weighted by atomic mass is 9.87. The number of nitrogens with one attached hydrogen (secondary N) is 2. The lowest BCUT2D eigenvalue weighted by molar-refractivity contribution is -0.130. The van der Waals surface area contributed by atoms with Crippen molar-refractivity contribution in [1.82, 2.24) is 20.4 Å². The highest BCUT2D eigenvalue weighted by Crippen LogP contribution is 2.36. The van der Waals surface area contributed by atoms with Crippen LogP contribution in [0.1, 0.15) is 68.3 Å². The standard InChI is InChI=1S/C28H33FN4O2/c1-17(2)21-12-13-22(24(25(21)29)20-9-6-5-7-10-20)26(32-28(35)23-11-8-14-30-23)27(34)19(4)33-16-18(3)15-31-33/h5-7,9-10,12-13,15-17,19,23,26,30H,8,11,14H2,1-4H3,(H,32,35). The van der Waals surface area contributed by atoms with Crippen molar-refractivity contribution >= 4 is 11.7 Å². The van der Waals surface area contributed by atoms with Gasteiger partial charge in [-0.1, -0.05) is 56.3 Å². The van der Waals surface area contributed by atoms with Crippen molar-refractivity contribution in [2.24, 2.45) is 0 Å². The summed E-state index contributed by atoms with van der Waals surface area (Å²) in [6.45, 7) is 8.28. The number of rotatable bonds is 8. The maximum atomic E-state index is 16.0. The molecular weight excluding hydrogens is 443 g/mol. The molecule has 7 heteroatoms. The number of carbonyl (C=O) groups is 2. The molecule has 0 radical (unpaired) electrons. The zero-order valence-corrected chi connectivity index (χ0v) is 20.7. The van der Waals surface area contributed by atoms with Gasteiger partial charge in [-0.2, -0.15) is 5.10 Å². The van der Waals surface area contributed by atoms with E-state index in [9.17, 15) is 9.59 Å². The summed E-state index contributed by atoms with van der Waals surface area (Å²) in [5, 5.41) is 10.4. The minimum atomic E-state index is -1.03. The molecule has 1 aliphatic rings. The van der Waals surface area contributed by atoms with Gasteiger partial charge in [-0.25, -0.2) is 4.39 Å². The topological polar surface area (TPSA) is 76.0 Å². The van der Waals surface area contributed by atoms with Crippen molar-refractivity contribution in [3.63, 3.8) is 0 Å². The van der Waals surface area contributed by atoms with Crippen molar-refractivity contribution < 1.29 is 14.0 Å². The second-order valence-corrected chi connectivity index (χ2v) is 9.62. The number of ketones is 1. The van der Waals surface area contributed by atoms with Crippen molar-refractivity contribution in [2.45, 2.75) is 64.6 Å². The van der Waals surface area contributed by atoms with E-state index in [1.807, 2.05) is 51.1 Å². The van der Waals surface area contributed by atoms with Crippen LogP contribution in [0.5, 0.6) is 0 Å². The molecule has 3 atom stereocenters. The highest BCUT2D eigenvalue weighted by Gasteiger charge is 2.34. The molecule has 0 saturated carbocycles. The molecule has 35 heavy (non-hydrogen) atoms. The first kappa shape index (κ1) is 24.8. The van der Waals surface area contributed by atoms with Crippen molar-refractivity contribution in [1.29, 1.82) is 0 Å². The van der Waals surface area contributed by atoms with Crippen LogP contribution in [0.4, 0.5) is 4.39 Å². The van der Waals surface area contributed by atoms with Crippen LogP contribution < -0.4 is 10.6 Å². The third-order valence-electron chi connectivity index (χ3n) is 6.69. The highest BCUT2D eigenvalue weighted by molar-refractivity contribution is 5.95. The number of carbonyl (C=O) groups excluding carboxylic acids is 2. The Labute approximate surface area is 205 Å². The van der Waals surface area contributed by atoms with Gasteiger partial charge >= 0.3 is 0 Å². The molecule has 1 fully saturated rings. The smallest absolute Gasteiger partial charge is 0.237 e. The summed E-state index contributed by atoms with van der Waals surface area (Å²) in [5.41, 5.74) is 2.95. The Kier molecular flexibility index (Phi) is 7.45. The first-order chi connectivity index (χ1) is 16.8. The summed E-state index contributed by atoms with van der Waals surface area (Å²) in [5.74, 6) is -0.911. The third kappa shape index (κ3) is 5.20. The van der Waals surface area contributed by atoms with E-state index in [-0.39, 0.29) is 29.5 Å². The summed E-state index contributed by atoms with van der Waals surface area (Å²) in [6.07, 6.45) is 5.08. The number of aromatic nitrogens is 2. The molecule has 2 aromatic carbocycles. The van der Waals surface area contributed by atoms with Crippen LogP contribution in [0.2, 0.25) is 0 Å². The van der Waals surface area contributed by atoms with Gasteiger partial charge in [-0.15, -0.1) is 0 Å². The second-order valence-electron chi connectivity index (χ2n) is 9.62. The Hall–Kier alpha value is -3.32. The molecular formula is C28H33FN4O2. The minimum absolute atomic E-state index is 0.0380. The summed E-state index contributed by atoms with van der Waals surface area (Å²) in [7, 11) is 0. The molecule has 184 valence electrons. The van der Waals surface area contributed by atoms with Crippen LogP contribution in [0, 0.1) is 12.7 Å². The quantitative estimate of drug-likeness (QED) is 0.487. The van der Waals surface area contributed by atoms with Gasteiger partial charge < -0.3 is 10.6 Å². The number of amides is 1. The number of nitrogens with zero attached hydrogens (tertiary/aromatic N) is 2. The summed E-state index contributed by atoms with van der Waals surface area (Å²) in [4.78, 5) is 27.1. The second kappa shape index (κ2) is 10.5. The lowest BCUT2D eigenvalue weighted by Crippen LogP contribution is -2.45. The van der Waals surface area contributed by atoms with Gasteiger partial charge in [0.15, 0.2) is 5.78 Å². The number of aryl methyl sites for hydroxylation is 1. The SMILES string of the molecule is Cc1cnn(C(C)C(=O)C(NC(=O)C2CCCN2)c2ccc(C(C)C)c(F)c2-c2ccccc2)c1. The number of halogens is 1. The molecule has 4 rings (SSSR count). The Morgan fingerprint density at radius 1 is 1.11 bits per heavy atom. The molecule has 0 spiro atoms. The number of hydrogen-bond acceptors (Lipinski definition) is 4. The summed E-state index contributed by atoms with van der Waals surface area (Å²) in [6, 6.07) is 10.7.